The Balaban J connectivity index is 3.00. The van der Waals surface area contributed by atoms with E-state index in [4.69, 9.17) is 4.74 Å². The zero-order valence-corrected chi connectivity index (χ0v) is 14.1. The van der Waals surface area contributed by atoms with Gasteiger partial charge in [0, 0.05) is 12.5 Å². The molecule has 0 aromatic carbocycles. The van der Waals surface area contributed by atoms with Crippen molar-refractivity contribution >= 4 is 5.78 Å². The monoisotopic (exact) mass is 295 g/mol. The van der Waals surface area contributed by atoms with E-state index in [1.807, 2.05) is 14.1 Å². The Morgan fingerprint density at radius 3 is 2.43 bits per heavy atom. The molecule has 0 aliphatic heterocycles. The summed E-state index contributed by atoms with van der Waals surface area (Å²) in [4.78, 5) is 15.0. The molecule has 0 aliphatic carbocycles. The Hall–Kier alpha value is -1.36. The third-order valence-electron chi connectivity index (χ3n) is 3.66. The van der Waals surface area contributed by atoms with Gasteiger partial charge in [-0.2, -0.15) is 5.10 Å². The lowest BCUT2D eigenvalue weighted by Gasteiger charge is -2.17. The van der Waals surface area contributed by atoms with Gasteiger partial charge in [-0.15, -0.1) is 0 Å². The molecule has 21 heavy (non-hydrogen) atoms. The molecule has 0 bridgehead atoms. The van der Waals surface area contributed by atoms with Crippen LogP contribution in [0.1, 0.15) is 50.0 Å². The molecule has 0 amide bonds. The minimum atomic E-state index is 0.0729. The second kappa shape index (κ2) is 8.82. The molecule has 0 spiro atoms. The molecule has 0 saturated heterocycles. The number of nitrogens with zero attached hydrogens (tertiary/aromatic N) is 3. The van der Waals surface area contributed by atoms with Crippen molar-refractivity contribution < 1.29 is 9.53 Å². The lowest BCUT2D eigenvalue weighted by molar-refractivity contribution is 0.0889. The molecule has 1 rings (SSSR count). The summed E-state index contributed by atoms with van der Waals surface area (Å²) in [7, 11) is 5.62. The third-order valence-corrected chi connectivity index (χ3v) is 3.66. The van der Waals surface area contributed by atoms with Crippen LogP contribution in [-0.4, -0.2) is 48.2 Å². The van der Waals surface area contributed by atoms with Crippen LogP contribution in [0.5, 0.6) is 5.75 Å². The van der Waals surface area contributed by atoms with E-state index in [0.717, 1.165) is 32.2 Å². The summed E-state index contributed by atoms with van der Waals surface area (Å²) in [6.07, 6.45) is 5.54. The minimum absolute atomic E-state index is 0.0729. The van der Waals surface area contributed by atoms with Crippen molar-refractivity contribution in [1.82, 2.24) is 14.7 Å². The Kier molecular flexibility index (Phi) is 7.43. The molecule has 0 fully saturated rings. The second-order valence-corrected chi connectivity index (χ2v) is 5.73. The summed E-state index contributed by atoms with van der Waals surface area (Å²) >= 11 is 0. The third kappa shape index (κ3) is 4.84. The van der Waals surface area contributed by atoms with Crippen molar-refractivity contribution in [2.24, 2.45) is 5.92 Å². The fourth-order valence-electron chi connectivity index (χ4n) is 2.53. The number of hydrogen-bond acceptors (Lipinski definition) is 4. The van der Waals surface area contributed by atoms with E-state index >= 15 is 0 Å². The first-order valence-corrected chi connectivity index (χ1v) is 7.83. The number of hydrogen-bond donors (Lipinski definition) is 0. The lowest BCUT2D eigenvalue weighted by Crippen LogP contribution is -2.24. The Morgan fingerprint density at radius 1 is 1.33 bits per heavy atom. The van der Waals surface area contributed by atoms with Crippen LogP contribution >= 0.6 is 0 Å². The number of likely N-dealkylation sites (N-methyl/N-ethyl adjacent to an activating group) is 1. The van der Waals surface area contributed by atoms with Crippen molar-refractivity contribution in [1.29, 1.82) is 0 Å². The van der Waals surface area contributed by atoms with Crippen molar-refractivity contribution in [3.05, 3.63) is 11.9 Å². The number of ether oxygens (including phenoxy) is 1. The number of methoxy groups -OCH3 is 1. The highest BCUT2D eigenvalue weighted by molar-refractivity contribution is 5.98. The highest BCUT2D eigenvalue weighted by Crippen LogP contribution is 2.25. The fraction of sp³-hybridized carbons (Fsp3) is 0.750. The number of Topliss-reactive ketones (excluding diaryl/α,β-unsaturated/α-hetero) is 1. The maximum absolute atomic E-state index is 12.9. The quantitative estimate of drug-likeness (QED) is 0.623. The number of rotatable bonds is 10. The summed E-state index contributed by atoms with van der Waals surface area (Å²) in [6, 6.07) is 0. The number of carbonyl (C=O) groups excluding carboxylic acids is 1. The number of carbonyl (C=O) groups is 1. The molecule has 0 N–H and O–H groups in total. The molecule has 0 atom stereocenters. The van der Waals surface area contributed by atoms with Gasteiger partial charge in [0.25, 0.3) is 0 Å². The van der Waals surface area contributed by atoms with E-state index in [2.05, 4.69) is 23.8 Å². The molecule has 5 nitrogen and oxygen atoms in total. The first-order valence-electron chi connectivity index (χ1n) is 7.83. The van der Waals surface area contributed by atoms with E-state index in [1.54, 1.807) is 18.0 Å². The minimum Gasteiger partial charge on any atom is -0.493 e. The molecule has 5 heteroatoms. The van der Waals surface area contributed by atoms with Gasteiger partial charge in [-0.25, -0.2) is 0 Å². The normalized spacial score (nSPS) is 11.4. The summed E-state index contributed by atoms with van der Waals surface area (Å²) in [6.45, 7) is 5.78. The van der Waals surface area contributed by atoms with Crippen molar-refractivity contribution in [2.75, 3.05) is 27.7 Å². The fourth-order valence-corrected chi connectivity index (χ4v) is 2.53. The van der Waals surface area contributed by atoms with Gasteiger partial charge in [-0.1, -0.05) is 26.7 Å². The van der Waals surface area contributed by atoms with E-state index in [0.29, 0.717) is 18.0 Å². The predicted molar refractivity (Wildman–Crippen MR) is 85.0 cm³/mol. The maximum Gasteiger partial charge on any atom is 0.187 e. The Bertz CT molecular complexity index is 435. The Labute approximate surface area is 128 Å². The molecule has 1 aromatic heterocycles. The molecular weight excluding hydrogens is 266 g/mol. The first-order chi connectivity index (χ1) is 10.0. The number of aromatic nitrogens is 2. The van der Waals surface area contributed by atoms with E-state index in [1.165, 1.54) is 0 Å². The van der Waals surface area contributed by atoms with Crippen LogP contribution < -0.4 is 4.74 Å². The van der Waals surface area contributed by atoms with Crippen molar-refractivity contribution in [2.45, 2.75) is 46.1 Å². The Morgan fingerprint density at radius 2 is 1.95 bits per heavy atom. The maximum atomic E-state index is 12.9. The predicted octanol–water partition coefficient (Wildman–Crippen LogP) is 2.85. The van der Waals surface area contributed by atoms with Gasteiger partial charge in [-0.3, -0.25) is 9.48 Å². The zero-order valence-electron chi connectivity index (χ0n) is 14.1. The molecule has 1 aromatic rings. The molecule has 1 heterocycles. The molecule has 0 aliphatic rings. The largest absolute Gasteiger partial charge is 0.493 e. The van der Waals surface area contributed by atoms with Gasteiger partial charge < -0.3 is 9.64 Å². The first kappa shape index (κ1) is 17.7. The molecule has 0 radical (unpaired) electrons. The van der Waals surface area contributed by atoms with Crippen LogP contribution in [0.4, 0.5) is 0 Å². The zero-order chi connectivity index (χ0) is 15.8. The summed E-state index contributed by atoms with van der Waals surface area (Å²) in [5, 5.41) is 4.33. The highest BCUT2D eigenvalue weighted by atomic mass is 16.5. The van der Waals surface area contributed by atoms with Gasteiger partial charge in [0.1, 0.15) is 5.69 Å². The SMILES string of the molecule is CCCC(CCC)C(=O)c1c(OC)cnn1CCN(C)C. The van der Waals surface area contributed by atoms with Crippen LogP contribution in [0.2, 0.25) is 0 Å². The average molecular weight is 295 g/mol. The molecule has 0 unspecified atom stereocenters. The summed E-state index contributed by atoms with van der Waals surface area (Å²) < 4.78 is 7.13. The molecular formula is C16H29N3O2. The molecule has 0 saturated carbocycles. The van der Waals surface area contributed by atoms with Gasteiger partial charge in [0.15, 0.2) is 11.5 Å². The van der Waals surface area contributed by atoms with Gasteiger partial charge in [-0.05, 0) is 26.9 Å². The van der Waals surface area contributed by atoms with E-state index < -0.39 is 0 Å². The van der Waals surface area contributed by atoms with Crippen LogP contribution in [0, 0.1) is 5.92 Å². The standard InChI is InChI=1S/C16H29N3O2/c1-6-8-13(9-7-2)16(20)15-14(21-5)12-17-19(15)11-10-18(3)4/h12-13H,6-11H2,1-5H3. The molecule has 120 valence electrons. The highest BCUT2D eigenvalue weighted by Gasteiger charge is 2.26. The topological polar surface area (TPSA) is 47.4 Å². The van der Waals surface area contributed by atoms with Gasteiger partial charge in [0.2, 0.25) is 0 Å². The van der Waals surface area contributed by atoms with E-state index in [-0.39, 0.29) is 11.7 Å². The van der Waals surface area contributed by atoms with Crippen molar-refractivity contribution in [3.63, 3.8) is 0 Å². The summed E-state index contributed by atoms with van der Waals surface area (Å²) in [5.74, 6) is 0.839. The van der Waals surface area contributed by atoms with Crippen LogP contribution in [0.25, 0.3) is 0 Å². The summed E-state index contributed by atoms with van der Waals surface area (Å²) in [5.41, 5.74) is 0.631. The average Bonchev–Trinajstić information content (AvgIpc) is 2.87. The number of ketones is 1. The van der Waals surface area contributed by atoms with Gasteiger partial charge in [0.05, 0.1) is 19.9 Å². The smallest absolute Gasteiger partial charge is 0.187 e. The van der Waals surface area contributed by atoms with Crippen LogP contribution in [0.15, 0.2) is 6.20 Å². The second-order valence-electron chi connectivity index (χ2n) is 5.73. The van der Waals surface area contributed by atoms with Crippen LogP contribution in [-0.2, 0) is 6.54 Å². The van der Waals surface area contributed by atoms with E-state index in [9.17, 15) is 4.79 Å². The van der Waals surface area contributed by atoms with Crippen LogP contribution in [0.3, 0.4) is 0 Å². The van der Waals surface area contributed by atoms with Gasteiger partial charge >= 0.3 is 0 Å². The van der Waals surface area contributed by atoms with Crippen molar-refractivity contribution in [3.8, 4) is 5.75 Å². The lowest BCUT2D eigenvalue weighted by atomic mass is 9.92.